The van der Waals surface area contributed by atoms with Gasteiger partial charge in [-0.1, -0.05) is 12.1 Å². The van der Waals surface area contributed by atoms with Gasteiger partial charge in [0.2, 0.25) is 26.0 Å². The van der Waals surface area contributed by atoms with Gasteiger partial charge in [-0.15, -0.1) is 0 Å². The molecule has 1 aliphatic rings. The number of carbonyl (C=O) groups excluding carboxylic acids is 1. The standard InChI is InChI=1S/C16H25N3O5S2/c1-4-25(21,22)19-11-9-13(10-12-19)16(20)17-14-7-5-6-8-15(14)26(23,24)18(2)3/h5-8,13H,4,9-12H2,1-3H3,(H,17,20). The van der Waals surface area contributed by atoms with E-state index in [2.05, 4.69) is 5.32 Å². The Balaban J connectivity index is 2.11. The molecule has 0 spiro atoms. The van der Waals surface area contributed by atoms with Crippen LogP contribution < -0.4 is 5.32 Å². The maximum Gasteiger partial charge on any atom is 0.244 e. The van der Waals surface area contributed by atoms with Gasteiger partial charge in [-0.2, -0.15) is 0 Å². The average molecular weight is 404 g/mol. The van der Waals surface area contributed by atoms with Crippen molar-refractivity contribution >= 4 is 31.6 Å². The molecule has 2 rings (SSSR count). The summed E-state index contributed by atoms with van der Waals surface area (Å²) in [4.78, 5) is 12.6. The largest absolute Gasteiger partial charge is 0.325 e. The zero-order chi connectivity index (χ0) is 19.5. The molecule has 146 valence electrons. The summed E-state index contributed by atoms with van der Waals surface area (Å²) in [5, 5.41) is 2.70. The van der Waals surface area contributed by atoms with Crippen LogP contribution in [0.2, 0.25) is 0 Å². The van der Waals surface area contributed by atoms with Crippen molar-refractivity contribution in [3.05, 3.63) is 24.3 Å². The number of hydrogen-bond donors (Lipinski definition) is 1. The monoisotopic (exact) mass is 403 g/mol. The molecule has 1 amide bonds. The molecule has 0 saturated carbocycles. The van der Waals surface area contributed by atoms with Crippen molar-refractivity contribution in [2.24, 2.45) is 5.92 Å². The number of nitrogens with one attached hydrogen (secondary N) is 1. The average Bonchev–Trinajstić information content (AvgIpc) is 2.62. The molecule has 1 aromatic rings. The van der Waals surface area contributed by atoms with E-state index < -0.39 is 20.0 Å². The quantitative estimate of drug-likeness (QED) is 0.761. The summed E-state index contributed by atoms with van der Waals surface area (Å²) in [6, 6.07) is 6.24. The fraction of sp³-hybridized carbons (Fsp3) is 0.562. The molecule has 1 fully saturated rings. The van der Waals surface area contributed by atoms with Crippen LogP contribution in [0.15, 0.2) is 29.2 Å². The number of amides is 1. The maximum atomic E-state index is 12.6. The molecule has 0 atom stereocenters. The minimum absolute atomic E-state index is 0.0318. The van der Waals surface area contributed by atoms with Crippen molar-refractivity contribution in [1.82, 2.24) is 8.61 Å². The summed E-state index contributed by atoms with van der Waals surface area (Å²) < 4.78 is 51.1. The summed E-state index contributed by atoms with van der Waals surface area (Å²) in [7, 11) is -4.08. The van der Waals surface area contributed by atoms with Crippen LogP contribution in [0.3, 0.4) is 0 Å². The molecule has 1 aromatic carbocycles. The summed E-state index contributed by atoms with van der Waals surface area (Å²) in [5.41, 5.74) is 0.231. The molecule has 0 radical (unpaired) electrons. The van der Waals surface area contributed by atoms with E-state index in [9.17, 15) is 21.6 Å². The van der Waals surface area contributed by atoms with Crippen molar-refractivity contribution in [3.8, 4) is 0 Å². The molecule has 0 bridgehead atoms. The lowest BCUT2D eigenvalue weighted by atomic mass is 9.97. The zero-order valence-corrected chi connectivity index (χ0v) is 16.8. The fourth-order valence-electron chi connectivity index (χ4n) is 2.81. The van der Waals surface area contributed by atoms with Crippen molar-refractivity contribution in [3.63, 3.8) is 0 Å². The van der Waals surface area contributed by atoms with E-state index in [1.165, 1.54) is 24.5 Å². The highest BCUT2D eigenvalue weighted by molar-refractivity contribution is 7.89. The van der Waals surface area contributed by atoms with Crippen LogP contribution in [0.1, 0.15) is 19.8 Å². The molecule has 1 heterocycles. The van der Waals surface area contributed by atoms with E-state index in [0.29, 0.717) is 25.9 Å². The Bertz CT molecular complexity index is 858. The number of rotatable bonds is 6. The van der Waals surface area contributed by atoms with Gasteiger partial charge in [0, 0.05) is 33.1 Å². The zero-order valence-electron chi connectivity index (χ0n) is 15.2. The molecule has 1 aliphatic heterocycles. The van der Waals surface area contributed by atoms with Crippen LogP contribution in [-0.4, -0.2) is 64.3 Å². The fourth-order valence-corrected chi connectivity index (χ4v) is 4.98. The molecule has 1 N–H and O–H groups in total. The van der Waals surface area contributed by atoms with Gasteiger partial charge in [-0.05, 0) is 31.9 Å². The van der Waals surface area contributed by atoms with Crippen molar-refractivity contribution in [1.29, 1.82) is 0 Å². The topological polar surface area (TPSA) is 104 Å². The smallest absolute Gasteiger partial charge is 0.244 e. The lowest BCUT2D eigenvalue weighted by Gasteiger charge is -2.30. The summed E-state index contributed by atoms with van der Waals surface area (Å²) in [6.45, 7) is 2.19. The Kier molecular flexibility index (Phi) is 6.43. The first-order valence-electron chi connectivity index (χ1n) is 8.40. The maximum absolute atomic E-state index is 12.6. The highest BCUT2D eigenvalue weighted by atomic mass is 32.2. The Morgan fingerprint density at radius 2 is 1.73 bits per heavy atom. The van der Waals surface area contributed by atoms with E-state index in [0.717, 1.165) is 4.31 Å². The Labute approximate surface area is 155 Å². The second kappa shape index (κ2) is 8.03. The highest BCUT2D eigenvalue weighted by Crippen LogP contribution is 2.26. The SMILES string of the molecule is CCS(=O)(=O)N1CCC(C(=O)Nc2ccccc2S(=O)(=O)N(C)C)CC1. The number of carbonyl (C=O) groups is 1. The summed E-state index contributed by atoms with van der Waals surface area (Å²) in [5.74, 6) is -0.604. The first-order chi connectivity index (χ1) is 12.1. The second-order valence-corrected chi connectivity index (χ2v) is 10.7. The molecular weight excluding hydrogens is 378 g/mol. The van der Waals surface area contributed by atoms with E-state index in [1.54, 1.807) is 25.1 Å². The molecule has 0 unspecified atom stereocenters. The number of nitrogens with zero attached hydrogens (tertiary/aromatic N) is 2. The van der Waals surface area contributed by atoms with Crippen LogP contribution in [-0.2, 0) is 24.8 Å². The second-order valence-electron chi connectivity index (χ2n) is 6.35. The van der Waals surface area contributed by atoms with Gasteiger partial charge < -0.3 is 5.32 Å². The number of benzene rings is 1. The van der Waals surface area contributed by atoms with Gasteiger partial charge in [0.15, 0.2) is 0 Å². The molecule has 10 heteroatoms. The van der Waals surface area contributed by atoms with Gasteiger partial charge in [-0.3, -0.25) is 4.79 Å². The van der Waals surface area contributed by atoms with E-state index >= 15 is 0 Å². The molecule has 0 aliphatic carbocycles. The first kappa shape index (κ1) is 20.8. The van der Waals surface area contributed by atoms with Gasteiger partial charge >= 0.3 is 0 Å². The third-order valence-corrected chi connectivity index (χ3v) is 8.24. The van der Waals surface area contributed by atoms with Crippen LogP contribution in [0.4, 0.5) is 5.69 Å². The Hall–Kier alpha value is -1.49. The lowest BCUT2D eigenvalue weighted by Crippen LogP contribution is -2.42. The van der Waals surface area contributed by atoms with Gasteiger partial charge in [0.1, 0.15) is 4.90 Å². The Morgan fingerprint density at radius 1 is 1.15 bits per heavy atom. The predicted octanol–water partition coefficient (Wildman–Crippen LogP) is 0.937. The number of piperidine rings is 1. The molecule has 1 saturated heterocycles. The third kappa shape index (κ3) is 4.43. The number of para-hydroxylation sites is 1. The predicted molar refractivity (Wildman–Crippen MR) is 99.7 cm³/mol. The molecule has 8 nitrogen and oxygen atoms in total. The van der Waals surface area contributed by atoms with Crippen LogP contribution >= 0.6 is 0 Å². The summed E-state index contributed by atoms with van der Waals surface area (Å²) in [6.07, 6.45) is 0.821. The third-order valence-electron chi connectivity index (χ3n) is 4.49. The molecule has 26 heavy (non-hydrogen) atoms. The van der Waals surface area contributed by atoms with Gasteiger partial charge in [0.05, 0.1) is 11.4 Å². The number of hydrogen-bond acceptors (Lipinski definition) is 5. The van der Waals surface area contributed by atoms with E-state index in [-0.39, 0.29) is 28.2 Å². The first-order valence-corrected chi connectivity index (χ1v) is 11.4. The number of sulfonamides is 2. The van der Waals surface area contributed by atoms with Crippen LogP contribution in [0, 0.1) is 5.92 Å². The van der Waals surface area contributed by atoms with Crippen molar-refractivity contribution in [2.75, 3.05) is 38.3 Å². The minimum atomic E-state index is -3.68. The van der Waals surface area contributed by atoms with Gasteiger partial charge in [-0.25, -0.2) is 25.4 Å². The van der Waals surface area contributed by atoms with E-state index in [1.807, 2.05) is 0 Å². The summed E-state index contributed by atoms with van der Waals surface area (Å²) >= 11 is 0. The van der Waals surface area contributed by atoms with Crippen molar-refractivity contribution in [2.45, 2.75) is 24.7 Å². The Morgan fingerprint density at radius 3 is 2.27 bits per heavy atom. The van der Waals surface area contributed by atoms with Gasteiger partial charge in [0.25, 0.3) is 0 Å². The van der Waals surface area contributed by atoms with Crippen LogP contribution in [0.5, 0.6) is 0 Å². The normalized spacial score (nSPS) is 17.4. The van der Waals surface area contributed by atoms with Crippen molar-refractivity contribution < 1.29 is 21.6 Å². The molecule has 0 aromatic heterocycles. The minimum Gasteiger partial charge on any atom is -0.325 e. The lowest BCUT2D eigenvalue weighted by molar-refractivity contribution is -0.120. The van der Waals surface area contributed by atoms with Crippen LogP contribution in [0.25, 0.3) is 0 Å². The van der Waals surface area contributed by atoms with E-state index in [4.69, 9.17) is 0 Å². The number of anilines is 1. The molecular formula is C16H25N3O5S2. The highest BCUT2D eigenvalue weighted by Gasteiger charge is 2.31.